The minimum absolute atomic E-state index is 0.0487. The normalized spacial score (nSPS) is 14.2. The van der Waals surface area contributed by atoms with Gasteiger partial charge in [0, 0.05) is 39.4 Å². The van der Waals surface area contributed by atoms with Crippen LogP contribution in [0.2, 0.25) is 0 Å². The van der Waals surface area contributed by atoms with Gasteiger partial charge in [-0.2, -0.15) is 0 Å². The number of carboxylic acid groups (broad SMARTS) is 1. The number of hydroxylamine groups is 2. The van der Waals surface area contributed by atoms with Gasteiger partial charge >= 0.3 is 13.7 Å². The molecule has 12 radical (unpaired) electrons. The molecule has 59 heavy (non-hydrogen) atoms. The lowest BCUT2D eigenvalue weighted by Gasteiger charge is -2.18. The van der Waals surface area contributed by atoms with Gasteiger partial charge in [0.1, 0.15) is 6.61 Å². The summed E-state index contributed by atoms with van der Waals surface area (Å²) in [7, 11) is 28.4. The molecule has 304 valence electrons. The van der Waals surface area contributed by atoms with Crippen molar-refractivity contribution in [2.24, 2.45) is 0 Å². The van der Waals surface area contributed by atoms with Crippen LogP contribution < -0.4 is 0 Å². The van der Waals surface area contributed by atoms with Crippen LogP contribution in [-0.2, 0) is 53.5 Å². The monoisotopic (exact) mass is 830 g/mol. The van der Waals surface area contributed by atoms with Crippen LogP contribution in [0.4, 0.5) is 24.0 Å². The molecule has 0 unspecified atom stereocenters. The van der Waals surface area contributed by atoms with E-state index in [2.05, 4.69) is 42.2 Å². The molecule has 0 spiro atoms. The number of nitrogens with zero attached hydrogens (tertiary/aromatic N) is 2. The molecule has 0 bridgehead atoms. The van der Waals surface area contributed by atoms with Gasteiger partial charge in [0.25, 0.3) is 17.7 Å². The minimum atomic E-state index is -3.21. The van der Waals surface area contributed by atoms with Crippen molar-refractivity contribution in [1.82, 2.24) is 9.96 Å². The molecule has 2 atom stereocenters. The minimum Gasteiger partial charge on any atom is -0.490 e. The number of imide groups is 2. The van der Waals surface area contributed by atoms with E-state index in [4.69, 9.17) is 43.3 Å². The Morgan fingerprint density at radius 1 is 0.797 bits per heavy atom. The number of rotatable bonds is 11. The van der Waals surface area contributed by atoms with E-state index < -0.39 is 54.6 Å². The van der Waals surface area contributed by atoms with Crippen LogP contribution >= 0.6 is 7.60 Å². The number of carbonyl (C=O) groups excluding carboxylic acids is 8. The van der Waals surface area contributed by atoms with Crippen molar-refractivity contribution < 1.29 is 81.3 Å². The fourth-order valence-corrected chi connectivity index (χ4v) is 4.95. The van der Waals surface area contributed by atoms with Gasteiger partial charge in [0.05, 0.1) is 37.3 Å². The van der Waals surface area contributed by atoms with Gasteiger partial charge in [-0.15, -0.1) is 5.06 Å². The van der Waals surface area contributed by atoms with Crippen LogP contribution in [0.5, 0.6) is 0 Å². The fraction of sp³-hybridized carbons (Fsp3) is 0.364. The highest BCUT2D eigenvalue weighted by Gasteiger charge is 2.35. The second-order valence-corrected chi connectivity index (χ2v) is 13.3. The van der Waals surface area contributed by atoms with Gasteiger partial charge in [-0.3, -0.25) is 38.2 Å². The van der Waals surface area contributed by atoms with E-state index in [0.717, 1.165) is 16.0 Å². The van der Waals surface area contributed by atoms with Gasteiger partial charge in [-0.05, 0) is 17.5 Å². The molecular formula is C33H37B6N2O17P. The third-order valence-corrected chi connectivity index (χ3v) is 8.56. The molecule has 2 aliphatic heterocycles. The summed E-state index contributed by atoms with van der Waals surface area (Å²) in [5.41, 5.74) is 0.899. The summed E-state index contributed by atoms with van der Waals surface area (Å²) >= 11 is 0. The van der Waals surface area contributed by atoms with Crippen LogP contribution in [0.3, 0.4) is 0 Å². The quantitative estimate of drug-likeness (QED) is 0.184. The molecule has 2 fully saturated rings. The third-order valence-electron chi connectivity index (χ3n) is 6.75. The van der Waals surface area contributed by atoms with E-state index >= 15 is 0 Å². The van der Waals surface area contributed by atoms with Gasteiger partial charge in [0.2, 0.25) is 43.1 Å². The number of aliphatic hydroxyl groups excluding tert-OH is 1. The van der Waals surface area contributed by atoms with E-state index in [1.807, 2.05) is 60.7 Å². The van der Waals surface area contributed by atoms with Crippen LogP contribution in [0.1, 0.15) is 36.3 Å². The first-order valence-electron chi connectivity index (χ1n) is 16.4. The number of carbonyl (C=O) groups is 9. The molecule has 2 aromatic carbocycles. The number of aliphatic hydroxyl groups is 1. The van der Waals surface area contributed by atoms with Crippen LogP contribution in [-0.4, -0.2) is 167 Å². The van der Waals surface area contributed by atoms with Crippen LogP contribution in [0.25, 0.3) is 0 Å². The number of methoxy groups -OCH3 is 1. The zero-order chi connectivity index (χ0) is 45.7. The van der Waals surface area contributed by atoms with Crippen molar-refractivity contribution in [2.45, 2.75) is 37.6 Å². The Hall–Kier alpha value is -5.23. The Morgan fingerprint density at radius 3 is 1.59 bits per heavy atom. The summed E-state index contributed by atoms with van der Waals surface area (Å²) in [6.45, 7) is 0.156. The van der Waals surface area contributed by atoms with Crippen molar-refractivity contribution in [3.63, 3.8) is 0 Å². The molecule has 26 heteroatoms. The molecule has 19 nitrogen and oxygen atoms in total. The molecular weight excluding hydrogens is 792 g/mol. The lowest BCUT2D eigenvalue weighted by atomic mass is 9.88. The predicted molar refractivity (Wildman–Crippen MR) is 212 cm³/mol. The van der Waals surface area contributed by atoms with Crippen molar-refractivity contribution in [3.8, 4) is 0 Å². The Morgan fingerprint density at radius 2 is 1.25 bits per heavy atom. The number of hydrogen-bond donors (Lipinski definition) is 2. The summed E-state index contributed by atoms with van der Waals surface area (Å²) < 4.78 is 28.6. The van der Waals surface area contributed by atoms with Crippen LogP contribution in [0.15, 0.2) is 60.7 Å². The zero-order valence-corrected chi connectivity index (χ0v) is 33.1. The highest BCUT2D eigenvalue weighted by molar-refractivity contribution is 7.55. The van der Waals surface area contributed by atoms with E-state index in [0.29, 0.717) is 11.5 Å². The number of ether oxygens (including phenoxy) is 2. The van der Waals surface area contributed by atoms with Crippen LogP contribution in [0, 0.1) is 0 Å². The molecule has 0 saturated carbocycles. The van der Waals surface area contributed by atoms with E-state index in [1.165, 1.54) is 21.3 Å². The van der Waals surface area contributed by atoms with Crippen molar-refractivity contribution in [1.29, 1.82) is 0 Å². The number of cyclic esters (lactones) is 1. The molecule has 4 amide bonds. The van der Waals surface area contributed by atoms with Gasteiger partial charge < -0.3 is 43.2 Å². The topological polar surface area (TPSA) is 264 Å². The van der Waals surface area contributed by atoms with E-state index in [1.54, 1.807) is 0 Å². The molecule has 2 heterocycles. The Kier molecular flexibility index (Phi) is 29.2. The molecule has 2 aromatic rings. The Bertz CT molecular complexity index is 1720. The summed E-state index contributed by atoms with van der Waals surface area (Å²) in [5.74, 6) is -5.23. The molecule has 4 rings (SSSR count). The highest BCUT2D eigenvalue weighted by Crippen LogP contribution is 2.45. The summed E-state index contributed by atoms with van der Waals surface area (Å²) in [6, 6.07) is 18.7. The van der Waals surface area contributed by atoms with Crippen molar-refractivity contribution in [2.75, 3.05) is 40.7 Å². The van der Waals surface area contributed by atoms with Gasteiger partial charge in [-0.25, -0.2) is 4.79 Å². The van der Waals surface area contributed by atoms with Crippen molar-refractivity contribution >= 4 is 107 Å². The predicted octanol–water partition coefficient (Wildman–Crippen LogP) is 1.46. The second-order valence-electron chi connectivity index (χ2n) is 11.0. The maximum absolute atomic E-state index is 11.2. The average molecular weight is 830 g/mol. The lowest BCUT2D eigenvalue weighted by molar-refractivity contribution is -0.169. The highest BCUT2D eigenvalue weighted by atomic mass is 31.2. The number of amides is 4. The zero-order valence-electron chi connectivity index (χ0n) is 32.2. The lowest BCUT2D eigenvalue weighted by Crippen LogP contribution is -2.39. The van der Waals surface area contributed by atoms with E-state index in [-0.39, 0.29) is 56.3 Å². The average Bonchev–Trinajstić information content (AvgIpc) is 3.70. The Labute approximate surface area is 348 Å². The number of hydrogen-bond acceptors (Lipinski definition) is 16. The first-order chi connectivity index (χ1) is 27.6. The first kappa shape index (κ1) is 55.9. The maximum Gasteiger partial charge on any atom is 0.416 e. The summed E-state index contributed by atoms with van der Waals surface area (Å²) in [4.78, 5) is 97.9. The SMILES string of the molecule is [B]C(=O)CP(=O)(OC)OC.[B]C(=O)C[C@@H](CO)c1ccccc1.[B]C(=O)N1C(=O)OC[C@@H]1Cc1ccccc1.[B]C(=O)O.[B]C(=O)OC.[B]C(=O)ON1C(=O)CCC1=O. The van der Waals surface area contributed by atoms with Crippen molar-refractivity contribution in [3.05, 3.63) is 71.8 Å². The number of benzene rings is 2. The molecule has 0 aliphatic carbocycles. The van der Waals surface area contributed by atoms with Gasteiger partial charge in [-0.1, -0.05) is 60.7 Å². The fourth-order valence-electron chi connectivity index (χ4n) is 4.17. The maximum atomic E-state index is 11.2. The standard InChI is InChI=1S/C11H10BNO3.C10H11BO2.C5H4BNO4.C4H8BO4P.C2H3BO2.CHBO2/c12-10(14)13-9(7-16-11(13)15)6-8-4-2-1-3-5-8;11-10(13)6-9(7-12)8-4-2-1-3-5-8;6-5(10)11-7-3(8)1-2-4(7)9;1-8-10(7,9-2)3-4(5)6;1-5-2(3)4;2-1(3)4/h1-5,9H,6-7H2;1-5,9,12H,6-7H2;1-2H2;3H2,1-2H3;1H3;(H,3,4)/t2*9-;;;;/m00..../s1. The molecule has 2 N–H and O–H groups in total. The molecule has 2 aliphatic rings. The smallest absolute Gasteiger partial charge is 0.416 e. The first-order valence-corrected chi connectivity index (χ1v) is 18.2. The second kappa shape index (κ2) is 30.8. The van der Waals surface area contributed by atoms with Gasteiger partial charge in [0.15, 0.2) is 21.5 Å². The third kappa shape index (κ3) is 26.4. The van der Waals surface area contributed by atoms with E-state index in [9.17, 15) is 42.9 Å². The Balaban J connectivity index is 0. The molecule has 0 aromatic heterocycles. The largest absolute Gasteiger partial charge is 0.490 e. The summed E-state index contributed by atoms with van der Waals surface area (Å²) in [5, 5.41) is 16.6. The summed E-state index contributed by atoms with van der Waals surface area (Å²) in [6.07, 6.45) is -0.123. The molecule has 2 saturated heterocycles.